The fourth-order valence-corrected chi connectivity index (χ4v) is 3.36. The number of furan rings is 1. The van der Waals surface area contributed by atoms with Gasteiger partial charge in [0, 0.05) is 44.3 Å². The summed E-state index contributed by atoms with van der Waals surface area (Å²) in [7, 11) is 4.32. The molecule has 1 saturated heterocycles. The molecule has 0 amide bonds. The van der Waals surface area contributed by atoms with Crippen LogP contribution in [0.25, 0.3) is 0 Å². The van der Waals surface area contributed by atoms with Crippen LogP contribution in [0, 0.1) is 13.8 Å². The molecule has 0 radical (unpaired) electrons. The molecular weight excluding hydrogens is 457 g/mol. The third kappa shape index (κ3) is 6.92. The maximum atomic E-state index is 10.9. The summed E-state index contributed by atoms with van der Waals surface area (Å²) in [6.45, 7) is 12.7. The van der Waals surface area contributed by atoms with Crippen molar-refractivity contribution in [2.24, 2.45) is 4.99 Å². The van der Waals surface area contributed by atoms with Crippen LogP contribution >= 0.6 is 24.0 Å². The number of nitrogens with zero attached hydrogens (tertiary/aromatic N) is 3. The molecular formula is C19H36IN5O2. The fraction of sp³-hybridized carbons (Fsp3) is 0.737. The van der Waals surface area contributed by atoms with Gasteiger partial charge < -0.3 is 25.1 Å². The molecule has 2 rings (SSSR count). The smallest absolute Gasteiger partial charge is 0.191 e. The molecule has 1 aromatic rings. The van der Waals surface area contributed by atoms with Crippen molar-refractivity contribution in [1.29, 1.82) is 0 Å². The molecule has 0 aromatic carbocycles. The van der Waals surface area contributed by atoms with Gasteiger partial charge in [0.15, 0.2) is 5.96 Å². The highest BCUT2D eigenvalue weighted by Crippen LogP contribution is 2.27. The summed E-state index contributed by atoms with van der Waals surface area (Å²) < 4.78 is 5.55. The molecule has 2 atom stereocenters. The van der Waals surface area contributed by atoms with Crippen LogP contribution in [0.1, 0.15) is 30.9 Å². The number of likely N-dealkylation sites (N-methyl/N-ethyl adjacent to an activating group) is 2. The molecule has 2 heterocycles. The first-order chi connectivity index (χ1) is 12.2. The van der Waals surface area contributed by atoms with Gasteiger partial charge >= 0.3 is 0 Å². The highest BCUT2D eigenvalue weighted by molar-refractivity contribution is 14.0. The largest absolute Gasteiger partial charge is 0.466 e. The summed E-state index contributed by atoms with van der Waals surface area (Å²) in [5, 5.41) is 17.5. The maximum Gasteiger partial charge on any atom is 0.191 e. The monoisotopic (exact) mass is 493 g/mol. The molecule has 1 aromatic heterocycles. The Balaban J connectivity index is 0.00000364. The second kappa shape index (κ2) is 10.6. The van der Waals surface area contributed by atoms with Gasteiger partial charge in [0.1, 0.15) is 17.1 Å². The van der Waals surface area contributed by atoms with Gasteiger partial charge in [0.2, 0.25) is 0 Å². The number of aliphatic imine (C=N–C) groups is 1. The van der Waals surface area contributed by atoms with Gasteiger partial charge in [-0.25, -0.2) is 4.99 Å². The number of rotatable bonds is 6. The summed E-state index contributed by atoms with van der Waals surface area (Å²) in [6.07, 6.45) is 0. The van der Waals surface area contributed by atoms with Gasteiger partial charge in [-0.05, 0) is 47.9 Å². The molecule has 2 unspecified atom stereocenters. The van der Waals surface area contributed by atoms with Crippen LogP contribution in [-0.4, -0.2) is 80.3 Å². The Labute approximate surface area is 180 Å². The van der Waals surface area contributed by atoms with Crippen LogP contribution in [0.4, 0.5) is 0 Å². The number of aryl methyl sites for hydroxylation is 2. The Bertz CT molecular complexity index is 617. The summed E-state index contributed by atoms with van der Waals surface area (Å²) in [6, 6.07) is 2.33. The lowest BCUT2D eigenvalue weighted by Gasteiger charge is -2.38. The molecule has 1 aliphatic rings. The zero-order valence-corrected chi connectivity index (χ0v) is 19.8. The first-order valence-electron chi connectivity index (χ1n) is 9.43. The van der Waals surface area contributed by atoms with E-state index in [-0.39, 0.29) is 30.5 Å². The summed E-state index contributed by atoms with van der Waals surface area (Å²) >= 11 is 0. The molecule has 156 valence electrons. The van der Waals surface area contributed by atoms with Crippen LogP contribution in [0.2, 0.25) is 0 Å². The summed E-state index contributed by atoms with van der Waals surface area (Å²) in [5.74, 6) is 2.27. The number of aliphatic hydroxyl groups is 1. The lowest BCUT2D eigenvalue weighted by Crippen LogP contribution is -2.55. The maximum absolute atomic E-state index is 10.9. The molecule has 27 heavy (non-hydrogen) atoms. The van der Waals surface area contributed by atoms with Crippen molar-refractivity contribution >= 4 is 29.9 Å². The van der Waals surface area contributed by atoms with E-state index in [0.717, 1.165) is 55.8 Å². The van der Waals surface area contributed by atoms with E-state index in [9.17, 15) is 5.11 Å². The Hall–Kier alpha value is -0.840. The van der Waals surface area contributed by atoms with Crippen molar-refractivity contribution in [1.82, 2.24) is 20.4 Å². The van der Waals surface area contributed by atoms with Crippen molar-refractivity contribution in [3.63, 3.8) is 0 Å². The molecule has 0 bridgehead atoms. The van der Waals surface area contributed by atoms with E-state index in [1.165, 1.54) is 0 Å². The van der Waals surface area contributed by atoms with Gasteiger partial charge in [-0.2, -0.15) is 0 Å². The number of hydrogen-bond acceptors (Lipinski definition) is 5. The van der Waals surface area contributed by atoms with Crippen LogP contribution in [0.5, 0.6) is 0 Å². The quantitative estimate of drug-likeness (QED) is 0.317. The fourth-order valence-electron chi connectivity index (χ4n) is 3.36. The van der Waals surface area contributed by atoms with E-state index in [1.54, 1.807) is 6.92 Å². The molecule has 1 aliphatic heterocycles. The lowest BCUT2D eigenvalue weighted by atomic mass is 9.96. The third-order valence-corrected chi connectivity index (χ3v) is 5.00. The van der Waals surface area contributed by atoms with Gasteiger partial charge in [-0.15, -0.1) is 24.0 Å². The first kappa shape index (κ1) is 24.2. The molecule has 3 N–H and O–H groups in total. The Kier molecular flexibility index (Phi) is 9.53. The average molecular weight is 493 g/mol. The second-order valence-electron chi connectivity index (χ2n) is 7.57. The van der Waals surface area contributed by atoms with Crippen LogP contribution in [0.15, 0.2) is 15.5 Å². The number of guanidine groups is 1. The summed E-state index contributed by atoms with van der Waals surface area (Å²) in [4.78, 5) is 9.34. The van der Waals surface area contributed by atoms with Gasteiger partial charge in [-0.1, -0.05) is 0 Å². The van der Waals surface area contributed by atoms with E-state index in [4.69, 9.17) is 4.42 Å². The van der Waals surface area contributed by atoms with E-state index in [1.807, 2.05) is 26.8 Å². The molecule has 0 aliphatic carbocycles. The van der Waals surface area contributed by atoms with Crippen LogP contribution in [0.3, 0.4) is 0 Å². The number of hydrogen-bond donors (Lipinski definition) is 3. The van der Waals surface area contributed by atoms with E-state index in [2.05, 4.69) is 39.5 Å². The van der Waals surface area contributed by atoms with Crippen LogP contribution < -0.4 is 10.6 Å². The van der Waals surface area contributed by atoms with Gasteiger partial charge in [0.25, 0.3) is 0 Å². The SMILES string of the molecule is CCNC(=NCC(C)(O)c1cc(C)oc1C)NCC1CN(C)CCN1C.I. The van der Waals surface area contributed by atoms with Gasteiger partial charge in [0.05, 0.1) is 6.54 Å². The Morgan fingerprint density at radius 3 is 2.63 bits per heavy atom. The predicted molar refractivity (Wildman–Crippen MR) is 121 cm³/mol. The van der Waals surface area contributed by atoms with E-state index in [0.29, 0.717) is 6.04 Å². The van der Waals surface area contributed by atoms with Gasteiger partial charge in [-0.3, -0.25) is 4.90 Å². The summed E-state index contributed by atoms with van der Waals surface area (Å²) in [5.41, 5.74) is -0.269. The normalized spacial score (nSPS) is 21.4. The zero-order valence-electron chi connectivity index (χ0n) is 17.5. The Morgan fingerprint density at radius 1 is 1.33 bits per heavy atom. The topological polar surface area (TPSA) is 76.3 Å². The third-order valence-electron chi connectivity index (χ3n) is 5.00. The number of halogens is 1. The highest BCUT2D eigenvalue weighted by atomic mass is 127. The average Bonchev–Trinajstić information content (AvgIpc) is 2.92. The molecule has 0 saturated carbocycles. The van der Waals surface area contributed by atoms with Crippen LogP contribution in [-0.2, 0) is 5.60 Å². The van der Waals surface area contributed by atoms with Crippen molar-refractivity contribution in [3.05, 3.63) is 23.2 Å². The van der Waals surface area contributed by atoms with Crippen molar-refractivity contribution in [2.75, 3.05) is 53.4 Å². The first-order valence-corrected chi connectivity index (χ1v) is 9.43. The zero-order chi connectivity index (χ0) is 19.3. The van der Waals surface area contributed by atoms with Crippen molar-refractivity contribution in [3.8, 4) is 0 Å². The predicted octanol–water partition coefficient (Wildman–Crippen LogP) is 1.52. The van der Waals surface area contributed by atoms with E-state index < -0.39 is 5.60 Å². The number of nitrogens with one attached hydrogen (secondary N) is 2. The van der Waals surface area contributed by atoms with Crippen molar-refractivity contribution < 1.29 is 9.52 Å². The minimum atomic E-state index is -1.06. The molecule has 0 spiro atoms. The minimum Gasteiger partial charge on any atom is -0.466 e. The highest BCUT2D eigenvalue weighted by Gasteiger charge is 2.28. The minimum absolute atomic E-state index is 0. The molecule has 8 heteroatoms. The second-order valence-corrected chi connectivity index (χ2v) is 7.57. The van der Waals surface area contributed by atoms with Crippen molar-refractivity contribution in [2.45, 2.75) is 39.3 Å². The lowest BCUT2D eigenvalue weighted by molar-refractivity contribution is 0.0656. The standard InChI is InChI=1S/C19H35N5O2.HI/c1-7-20-18(21-11-16-12-23(5)8-9-24(16)6)22-13-19(4,25)17-10-14(2)26-15(17)3;/h10,16,25H,7-9,11-13H2,1-6H3,(H2,20,21,22);1H. The van der Waals surface area contributed by atoms with E-state index >= 15 is 0 Å². The molecule has 7 nitrogen and oxygen atoms in total. The number of piperazine rings is 1. The molecule has 1 fully saturated rings. The Morgan fingerprint density at radius 2 is 2.04 bits per heavy atom.